The van der Waals surface area contributed by atoms with E-state index >= 15 is 4.39 Å². The molecule has 194 valence electrons. The van der Waals surface area contributed by atoms with Crippen LogP contribution in [-0.2, 0) is 4.74 Å². The molecule has 10 nitrogen and oxygen atoms in total. The zero-order valence-electron chi connectivity index (χ0n) is 21.4. The molecule has 1 unspecified atom stereocenters. The molecule has 2 aliphatic heterocycles. The molecule has 1 aromatic carbocycles. The third-order valence-corrected chi connectivity index (χ3v) is 6.14. The van der Waals surface area contributed by atoms with Crippen LogP contribution >= 0.6 is 0 Å². The van der Waals surface area contributed by atoms with Gasteiger partial charge in [0.2, 0.25) is 11.8 Å². The van der Waals surface area contributed by atoms with E-state index in [0.29, 0.717) is 50.9 Å². The van der Waals surface area contributed by atoms with E-state index in [2.05, 4.69) is 15.6 Å². The largest absolute Gasteiger partial charge is 0.469 e. The number of likely N-dealkylation sites (N-methyl/N-ethyl adjacent to an activating group) is 1. The van der Waals surface area contributed by atoms with E-state index in [0.717, 1.165) is 0 Å². The lowest BCUT2D eigenvalue weighted by molar-refractivity contribution is 0.0541. The smallest absolute Gasteiger partial charge is 0.319 e. The summed E-state index contributed by atoms with van der Waals surface area (Å²) < 4.78 is 26.9. The lowest BCUT2D eigenvalue weighted by Crippen LogP contribution is -2.44. The number of carbonyl (C=O) groups excluding carboxylic acids is 2. The highest BCUT2D eigenvalue weighted by atomic mass is 19.1. The van der Waals surface area contributed by atoms with Crippen LogP contribution in [-0.4, -0.2) is 77.8 Å². The van der Waals surface area contributed by atoms with Gasteiger partial charge in [0.25, 0.3) is 5.91 Å². The first kappa shape index (κ1) is 25.6. The van der Waals surface area contributed by atoms with Crippen molar-refractivity contribution in [3.05, 3.63) is 29.6 Å². The summed E-state index contributed by atoms with van der Waals surface area (Å²) in [5.74, 6) is -0.371. The van der Waals surface area contributed by atoms with Crippen LogP contribution in [0.4, 0.5) is 20.8 Å². The molecule has 36 heavy (non-hydrogen) atoms. The highest BCUT2D eigenvalue weighted by molar-refractivity contribution is 6.03. The van der Waals surface area contributed by atoms with Crippen molar-refractivity contribution in [1.29, 1.82) is 0 Å². The lowest BCUT2D eigenvalue weighted by atomic mass is 10.0. The Bertz CT molecular complexity index is 1160. The highest BCUT2D eigenvalue weighted by Gasteiger charge is 2.38. The maximum Gasteiger partial charge on any atom is 0.319 e. The van der Waals surface area contributed by atoms with Crippen LogP contribution in [0, 0.1) is 5.82 Å². The van der Waals surface area contributed by atoms with Gasteiger partial charge in [0.05, 0.1) is 37.2 Å². The number of ether oxygens (including phenoxy) is 2. The number of amides is 3. The summed E-state index contributed by atoms with van der Waals surface area (Å²) >= 11 is 0. The molecule has 0 aliphatic carbocycles. The Morgan fingerprint density at radius 3 is 2.72 bits per heavy atom. The molecule has 2 aromatic rings. The van der Waals surface area contributed by atoms with Crippen LogP contribution in [0.25, 0.3) is 11.3 Å². The number of hydrogen-bond donors (Lipinski definition) is 2. The normalized spacial score (nSPS) is 19.3. The maximum atomic E-state index is 15.1. The second-order valence-electron chi connectivity index (χ2n) is 9.53. The average molecular weight is 501 g/mol. The lowest BCUT2D eigenvalue weighted by Gasteiger charge is -2.34. The topological polar surface area (TPSA) is 109 Å². The number of fused-ring (bicyclic) bond motifs is 1. The molecular weight excluding hydrogens is 467 g/mol. The first-order valence-electron chi connectivity index (χ1n) is 12.2. The fourth-order valence-electron chi connectivity index (χ4n) is 4.39. The minimum atomic E-state index is -0.692. The average Bonchev–Trinajstić information content (AvgIpc) is 2.93. The van der Waals surface area contributed by atoms with E-state index in [-0.39, 0.29) is 34.8 Å². The molecule has 1 fully saturated rings. The van der Waals surface area contributed by atoms with Gasteiger partial charge >= 0.3 is 6.03 Å². The Kier molecular flexibility index (Phi) is 7.30. The number of morpholine rings is 1. The monoisotopic (exact) mass is 500 g/mol. The number of benzene rings is 1. The SMILES string of the molecule is CCNC(=O)Nc1ccc(-c2nc(N3CCOCC3C)nc3c2C(=O)N(CC)CC(C)(C)O3)cc1F. The molecule has 3 amide bonds. The van der Waals surface area contributed by atoms with E-state index in [1.165, 1.54) is 12.1 Å². The Hall–Kier alpha value is -3.47. The maximum absolute atomic E-state index is 15.1. The van der Waals surface area contributed by atoms with Crippen LogP contribution in [0.2, 0.25) is 0 Å². The predicted molar refractivity (Wildman–Crippen MR) is 134 cm³/mol. The number of nitrogens with zero attached hydrogens (tertiary/aromatic N) is 4. The standard InChI is InChI=1S/C25H33FN6O4/c1-6-27-24(34)28-18-9-8-16(12-17(18)26)20-19-21(36-25(4,5)14-31(7-2)22(19)33)30-23(29-20)32-10-11-35-13-15(32)3/h8-9,12,15H,6-7,10-11,13-14H2,1-5H3,(H2,27,28,34). The molecule has 2 N–H and O–H groups in total. The van der Waals surface area contributed by atoms with Crippen molar-refractivity contribution in [1.82, 2.24) is 20.2 Å². The molecule has 0 radical (unpaired) electrons. The van der Waals surface area contributed by atoms with Gasteiger partial charge in [-0.3, -0.25) is 4.79 Å². The van der Waals surface area contributed by atoms with Gasteiger partial charge in [-0.15, -0.1) is 0 Å². The van der Waals surface area contributed by atoms with E-state index in [1.807, 2.05) is 32.6 Å². The Balaban J connectivity index is 1.86. The third kappa shape index (κ3) is 5.20. The Labute approximate surface area is 210 Å². The summed E-state index contributed by atoms with van der Waals surface area (Å²) in [6.07, 6.45) is 0. The number of urea groups is 1. The summed E-state index contributed by atoms with van der Waals surface area (Å²) in [6, 6.07) is 3.84. The molecule has 11 heteroatoms. The number of nitrogens with one attached hydrogen (secondary N) is 2. The van der Waals surface area contributed by atoms with Crippen molar-refractivity contribution in [2.24, 2.45) is 0 Å². The fraction of sp³-hybridized carbons (Fsp3) is 0.520. The van der Waals surface area contributed by atoms with E-state index < -0.39 is 17.4 Å². The molecule has 0 bridgehead atoms. The van der Waals surface area contributed by atoms with Gasteiger partial charge in [0.15, 0.2) is 0 Å². The first-order valence-corrected chi connectivity index (χ1v) is 12.2. The molecule has 0 spiro atoms. The number of rotatable bonds is 5. The van der Waals surface area contributed by atoms with E-state index in [4.69, 9.17) is 14.5 Å². The van der Waals surface area contributed by atoms with Gasteiger partial charge in [0, 0.05) is 25.2 Å². The molecular formula is C25H33FN6O4. The molecule has 1 aromatic heterocycles. The van der Waals surface area contributed by atoms with Gasteiger partial charge in [-0.25, -0.2) is 14.2 Å². The zero-order chi connectivity index (χ0) is 26.0. The van der Waals surface area contributed by atoms with Crippen LogP contribution in [0.15, 0.2) is 18.2 Å². The number of carbonyl (C=O) groups is 2. The predicted octanol–water partition coefficient (Wildman–Crippen LogP) is 3.28. The molecule has 4 rings (SSSR count). The van der Waals surface area contributed by atoms with Crippen molar-refractivity contribution in [2.45, 2.75) is 46.3 Å². The van der Waals surface area contributed by atoms with Crippen LogP contribution in [0.5, 0.6) is 5.88 Å². The Morgan fingerprint density at radius 1 is 1.28 bits per heavy atom. The van der Waals surface area contributed by atoms with Crippen LogP contribution in [0.3, 0.4) is 0 Å². The summed E-state index contributed by atoms with van der Waals surface area (Å²) in [6.45, 7) is 12.3. The summed E-state index contributed by atoms with van der Waals surface area (Å²) in [7, 11) is 0. The minimum Gasteiger partial charge on any atom is -0.469 e. The van der Waals surface area contributed by atoms with Crippen molar-refractivity contribution >= 4 is 23.6 Å². The van der Waals surface area contributed by atoms with Crippen LogP contribution < -0.4 is 20.3 Å². The molecule has 1 saturated heterocycles. The number of aromatic nitrogens is 2. The van der Waals surface area contributed by atoms with Gasteiger partial charge in [0.1, 0.15) is 17.0 Å². The van der Waals surface area contributed by atoms with Crippen molar-refractivity contribution in [3.8, 4) is 17.1 Å². The van der Waals surface area contributed by atoms with Crippen LogP contribution in [0.1, 0.15) is 45.0 Å². The number of anilines is 2. The fourth-order valence-corrected chi connectivity index (χ4v) is 4.39. The summed E-state index contributed by atoms with van der Waals surface area (Å²) in [5, 5.41) is 5.06. The van der Waals surface area contributed by atoms with Gasteiger partial charge in [-0.1, -0.05) is 6.07 Å². The molecule has 2 aliphatic rings. The second-order valence-corrected chi connectivity index (χ2v) is 9.53. The van der Waals surface area contributed by atoms with Crippen molar-refractivity contribution < 1.29 is 23.5 Å². The second kappa shape index (κ2) is 10.3. The highest BCUT2D eigenvalue weighted by Crippen LogP contribution is 2.37. The summed E-state index contributed by atoms with van der Waals surface area (Å²) in [4.78, 5) is 38.6. The Morgan fingerprint density at radius 2 is 2.06 bits per heavy atom. The quantitative estimate of drug-likeness (QED) is 0.649. The van der Waals surface area contributed by atoms with E-state index in [1.54, 1.807) is 17.9 Å². The molecule has 1 atom stereocenters. The van der Waals surface area contributed by atoms with Crippen molar-refractivity contribution in [3.63, 3.8) is 0 Å². The minimum absolute atomic E-state index is 0.00618. The van der Waals surface area contributed by atoms with Gasteiger partial charge < -0.3 is 29.9 Å². The van der Waals surface area contributed by atoms with Gasteiger partial charge in [-0.05, 0) is 46.8 Å². The van der Waals surface area contributed by atoms with Gasteiger partial charge in [-0.2, -0.15) is 4.98 Å². The zero-order valence-corrected chi connectivity index (χ0v) is 21.4. The van der Waals surface area contributed by atoms with E-state index in [9.17, 15) is 9.59 Å². The van der Waals surface area contributed by atoms with Crippen molar-refractivity contribution in [2.75, 3.05) is 49.6 Å². The molecule has 3 heterocycles. The molecule has 0 saturated carbocycles. The number of hydrogen-bond acceptors (Lipinski definition) is 7. The summed E-state index contributed by atoms with van der Waals surface area (Å²) in [5.41, 5.74) is 0.171. The first-order chi connectivity index (χ1) is 17.1. The number of halogens is 1. The third-order valence-electron chi connectivity index (χ3n) is 6.14.